The van der Waals surface area contributed by atoms with Crippen molar-refractivity contribution in [2.45, 2.75) is 13.8 Å². The van der Waals surface area contributed by atoms with Crippen LogP contribution in [0.25, 0.3) is 22.6 Å². The van der Waals surface area contributed by atoms with Crippen LogP contribution in [0.15, 0.2) is 71.1 Å². The van der Waals surface area contributed by atoms with Crippen molar-refractivity contribution < 1.29 is 9.21 Å². The Hall–Kier alpha value is -3.51. The number of amides is 1. The maximum absolute atomic E-state index is 12.3. The second-order valence-electron chi connectivity index (χ2n) is 6.85. The van der Waals surface area contributed by atoms with E-state index in [1.807, 2.05) is 68.4 Å². The Labute approximate surface area is 173 Å². The Morgan fingerprint density at radius 1 is 0.966 bits per heavy atom. The van der Waals surface area contributed by atoms with Gasteiger partial charge in [-0.25, -0.2) is 4.98 Å². The summed E-state index contributed by atoms with van der Waals surface area (Å²) in [6.45, 7) is 3.99. The monoisotopic (exact) mass is 401 g/mol. The van der Waals surface area contributed by atoms with E-state index in [2.05, 4.69) is 15.6 Å². The first kappa shape index (κ1) is 18.8. The molecule has 3 aromatic carbocycles. The van der Waals surface area contributed by atoms with E-state index >= 15 is 0 Å². The highest BCUT2D eigenvalue weighted by molar-refractivity contribution is 7.80. The molecular formula is C23H19N3O2S. The molecule has 29 heavy (non-hydrogen) atoms. The van der Waals surface area contributed by atoms with Crippen LogP contribution in [0.5, 0.6) is 0 Å². The van der Waals surface area contributed by atoms with Crippen LogP contribution in [0.3, 0.4) is 0 Å². The Morgan fingerprint density at radius 2 is 1.72 bits per heavy atom. The summed E-state index contributed by atoms with van der Waals surface area (Å²) in [6, 6.07) is 20.7. The molecule has 4 rings (SSSR count). The predicted octanol–water partition coefficient (Wildman–Crippen LogP) is 5.24. The average molecular weight is 401 g/mol. The summed E-state index contributed by atoms with van der Waals surface area (Å²) >= 11 is 5.28. The maximum Gasteiger partial charge on any atom is 0.257 e. The number of anilines is 1. The van der Waals surface area contributed by atoms with Gasteiger partial charge in [0.25, 0.3) is 5.91 Å². The van der Waals surface area contributed by atoms with Crippen LogP contribution in [0.4, 0.5) is 5.69 Å². The van der Waals surface area contributed by atoms with Crippen LogP contribution in [-0.4, -0.2) is 16.0 Å². The number of nitrogens with zero attached hydrogens (tertiary/aromatic N) is 1. The first-order valence-electron chi connectivity index (χ1n) is 9.14. The van der Waals surface area contributed by atoms with Crippen LogP contribution in [0, 0.1) is 13.8 Å². The SMILES string of the molecule is Cc1ccc(C(=O)NC(=S)Nc2cccc(-c3nc4cc(C)ccc4o3)c2)cc1. The average Bonchev–Trinajstić information content (AvgIpc) is 3.12. The minimum atomic E-state index is -0.257. The standard InChI is InChI=1S/C23H19N3O2S/c1-14-6-9-16(10-7-14)21(27)26-23(29)24-18-5-3-4-17(13-18)22-25-19-12-15(2)8-11-20(19)28-22/h3-13H,1-2H3,(H2,24,26,27,29). The minimum Gasteiger partial charge on any atom is -0.436 e. The van der Waals surface area contributed by atoms with Gasteiger partial charge in [0, 0.05) is 16.8 Å². The molecule has 4 aromatic rings. The van der Waals surface area contributed by atoms with Crippen molar-refractivity contribution in [1.82, 2.24) is 10.3 Å². The second kappa shape index (κ2) is 7.85. The molecule has 0 aliphatic rings. The van der Waals surface area contributed by atoms with Gasteiger partial charge in [-0.2, -0.15) is 0 Å². The van der Waals surface area contributed by atoms with Gasteiger partial charge in [-0.15, -0.1) is 0 Å². The molecule has 1 aromatic heterocycles. The van der Waals surface area contributed by atoms with Gasteiger partial charge in [0.2, 0.25) is 5.89 Å². The summed E-state index contributed by atoms with van der Waals surface area (Å²) < 4.78 is 5.86. The van der Waals surface area contributed by atoms with E-state index in [9.17, 15) is 4.79 Å². The molecule has 2 N–H and O–H groups in total. The van der Waals surface area contributed by atoms with E-state index in [0.29, 0.717) is 11.5 Å². The first-order valence-corrected chi connectivity index (χ1v) is 9.55. The van der Waals surface area contributed by atoms with Crippen LogP contribution in [0.1, 0.15) is 21.5 Å². The lowest BCUT2D eigenvalue weighted by Gasteiger charge is -2.10. The van der Waals surface area contributed by atoms with Crippen molar-refractivity contribution in [3.63, 3.8) is 0 Å². The van der Waals surface area contributed by atoms with Gasteiger partial charge in [-0.1, -0.05) is 29.8 Å². The number of nitrogens with one attached hydrogen (secondary N) is 2. The fourth-order valence-corrected chi connectivity index (χ4v) is 3.14. The number of aromatic nitrogens is 1. The first-order chi connectivity index (χ1) is 14.0. The third-order valence-electron chi connectivity index (χ3n) is 4.45. The zero-order valence-corrected chi connectivity index (χ0v) is 16.8. The number of hydrogen-bond acceptors (Lipinski definition) is 4. The Kier molecular flexibility index (Phi) is 5.10. The van der Waals surface area contributed by atoms with E-state index in [1.165, 1.54) is 0 Å². The molecular weight excluding hydrogens is 382 g/mol. The van der Waals surface area contributed by atoms with Crippen molar-refractivity contribution in [3.8, 4) is 11.5 Å². The summed E-state index contributed by atoms with van der Waals surface area (Å²) in [4.78, 5) is 16.9. The van der Waals surface area contributed by atoms with Crippen LogP contribution in [0.2, 0.25) is 0 Å². The number of aryl methyl sites for hydroxylation is 2. The molecule has 0 fully saturated rings. The molecule has 0 spiro atoms. The third kappa shape index (κ3) is 4.33. The van der Waals surface area contributed by atoms with Gasteiger partial charge in [-0.05, 0) is 74.1 Å². The van der Waals surface area contributed by atoms with Crippen molar-refractivity contribution in [3.05, 3.63) is 83.4 Å². The van der Waals surface area contributed by atoms with Gasteiger partial charge in [-0.3, -0.25) is 10.1 Å². The number of fused-ring (bicyclic) bond motifs is 1. The largest absolute Gasteiger partial charge is 0.436 e. The molecule has 6 heteroatoms. The molecule has 0 unspecified atom stereocenters. The molecule has 0 aliphatic heterocycles. The van der Waals surface area contributed by atoms with E-state index < -0.39 is 0 Å². The van der Waals surface area contributed by atoms with Crippen molar-refractivity contribution in [2.75, 3.05) is 5.32 Å². The molecule has 0 atom stereocenters. The van der Waals surface area contributed by atoms with Gasteiger partial charge in [0.1, 0.15) is 5.52 Å². The molecule has 0 aliphatic carbocycles. The number of carbonyl (C=O) groups excluding carboxylic acids is 1. The Bertz CT molecular complexity index is 1210. The lowest BCUT2D eigenvalue weighted by Crippen LogP contribution is -2.34. The summed E-state index contributed by atoms with van der Waals surface area (Å²) in [5.74, 6) is 0.275. The highest BCUT2D eigenvalue weighted by Gasteiger charge is 2.11. The summed E-state index contributed by atoms with van der Waals surface area (Å²) in [6.07, 6.45) is 0. The Morgan fingerprint density at radius 3 is 2.52 bits per heavy atom. The third-order valence-corrected chi connectivity index (χ3v) is 4.66. The number of benzene rings is 3. The second-order valence-corrected chi connectivity index (χ2v) is 7.25. The van der Waals surface area contributed by atoms with E-state index in [0.717, 1.165) is 33.5 Å². The normalized spacial score (nSPS) is 10.7. The zero-order valence-electron chi connectivity index (χ0n) is 16.0. The fourth-order valence-electron chi connectivity index (χ4n) is 2.93. The van der Waals surface area contributed by atoms with Gasteiger partial charge < -0.3 is 9.73 Å². The van der Waals surface area contributed by atoms with Crippen LogP contribution < -0.4 is 10.6 Å². The zero-order chi connectivity index (χ0) is 20.4. The molecule has 0 bridgehead atoms. The van der Waals surface area contributed by atoms with Crippen molar-refractivity contribution >= 4 is 40.0 Å². The molecule has 144 valence electrons. The van der Waals surface area contributed by atoms with E-state index in [1.54, 1.807) is 12.1 Å². The van der Waals surface area contributed by atoms with Crippen molar-refractivity contribution in [1.29, 1.82) is 0 Å². The lowest BCUT2D eigenvalue weighted by molar-refractivity contribution is 0.0977. The topological polar surface area (TPSA) is 67.2 Å². The molecule has 1 amide bonds. The van der Waals surface area contributed by atoms with Gasteiger partial charge in [0.05, 0.1) is 0 Å². The smallest absolute Gasteiger partial charge is 0.257 e. The summed E-state index contributed by atoms with van der Waals surface area (Å²) in [5.41, 5.74) is 5.88. The number of thiocarbonyl (C=S) groups is 1. The molecule has 5 nitrogen and oxygen atoms in total. The highest BCUT2D eigenvalue weighted by atomic mass is 32.1. The van der Waals surface area contributed by atoms with E-state index in [-0.39, 0.29) is 11.0 Å². The van der Waals surface area contributed by atoms with Crippen LogP contribution in [-0.2, 0) is 0 Å². The summed E-state index contributed by atoms with van der Waals surface area (Å²) in [5, 5.41) is 5.95. The molecule has 0 radical (unpaired) electrons. The molecule has 1 heterocycles. The minimum absolute atomic E-state index is 0.223. The maximum atomic E-state index is 12.3. The van der Waals surface area contributed by atoms with Gasteiger partial charge >= 0.3 is 0 Å². The predicted molar refractivity (Wildman–Crippen MR) is 119 cm³/mol. The quantitative estimate of drug-likeness (QED) is 0.460. The van der Waals surface area contributed by atoms with Gasteiger partial charge in [0.15, 0.2) is 10.7 Å². The number of oxazole rings is 1. The van der Waals surface area contributed by atoms with E-state index in [4.69, 9.17) is 16.6 Å². The molecule has 0 saturated heterocycles. The number of hydrogen-bond donors (Lipinski definition) is 2. The Balaban J connectivity index is 1.48. The highest BCUT2D eigenvalue weighted by Crippen LogP contribution is 2.26. The fraction of sp³-hybridized carbons (Fsp3) is 0.0870. The molecule has 0 saturated carbocycles. The summed E-state index contributed by atoms with van der Waals surface area (Å²) in [7, 11) is 0. The number of carbonyl (C=O) groups is 1. The van der Waals surface area contributed by atoms with Crippen LogP contribution >= 0.6 is 12.2 Å². The van der Waals surface area contributed by atoms with Crippen molar-refractivity contribution in [2.24, 2.45) is 0 Å². The number of rotatable bonds is 3. The lowest BCUT2D eigenvalue weighted by atomic mass is 10.1.